The smallest absolute Gasteiger partial charge is 0.238 e. The van der Waals surface area contributed by atoms with E-state index in [1.165, 1.54) is 0 Å². The van der Waals surface area contributed by atoms with Gasteiger partial charge in [-0.05, 0) is 37.7 Å². The van der Waals surface area contributed by atoms with Gasteiger partial charge in [-0.3, -0.25) is 4.79 Å². The predicted octanol–water partition coefficient (Wildman–Crippen LogP) is 2.29. The van der Waals surface area contributed by atoms with Crippen molar-refractivity contribution in [2.45, 2.75) is 24.3 Å². The Morgan fingerprint density at radius 2 is 2.06 bits per heavy atom. The molecular formula is C12H17ClN2OS. The maximum Gasteiger partial charge on any atom is 0.238 e. The fourth-order valence-electron chi connectivity index (χ4n) is 1.36. The highest BCUT2D eigenvalue weighted by molar-refractivity contribution is 7.99. The Balaban J connectivity index is 2.64. The summed E-state index contributed by atoms with van der Waals surface area (Å²) in [5, 5.41) is 3.83. The molecule has 3 N–H and O–H groups in total. The van der Waals surface area contributed by atoms with Crippen LogP contribution < -0.4 is 11.1 Å². The van der Waals surface area contributed by atoms with Gasteiger partial charge in [0.05, 0.1) is 0 Å². The highest BCUT2D eigenvalue weighted by Crippen LogP contribution is 2.24. The van der Waals surface area contributed by atoms with Gasteiger partial charge in [0.15, 0.2) is 0 Å². The van der Waals surface area contributed by atoms with Gasteiger partial charge in [0.2, 0.25) is 5.91 Å². The number of halogens is 1. The van der Waals surface area contributed by atoms with E-state index in [4.69, 9.17) is 17.3 Å². The van der Waals surface area contributed by atoms with Crippen molar-refractivity contribution in [2.75, 3.05) is 12.3 Å². The number of hydrogen-bond donors (Lipinski definition) is 2. The normalized spacial score (nSPS) is 14.3. The molecule has 0 aromatic heterocycles. The molecule has 0 aliphatic rings. The summed E-state index contributed by atoms with van der Waals surface area (Å²) in [4.78, 5) is 12.5. The molecule has 3 nitrogen and oxygen atoms in total. The summed E-state index contributed by atoms with van der Waals surface area (Å²) in [6.07, 6.45) is 0. The number of primary amides is 1. The van der Waals surface area contributed by atoms with Crippen LogP contribution in [0.1, 0.15) is 13.8 Å². The number of hydrogen-bond acceptors (Lipinski definition) is 3. The number of rotatable bonds is 6. The number of amides is 1. The van der Waals surface area contributed by atoms with Crippen molar-refractivity contribution in [2.24, 2.45) is 5.73 Å². The molecule has 1 unspecified atom stereocenters. The standard InChI is InChI=1S/C12H17ClN2OS/c1-3-15-12(2,11(14)16)8-17-10-6-4-9(13)5-7-10/h4-7,15H,3,8H2,1-2H3,(H2,14,16). The Kier molecular flexibility index (Phi) is 5.31. The van der Waals surface area contributed by atoms with Gasteiger partial charge in [-0.2, -0.15) is 0 Å². The fraction of sp³-hybridized carbons (Fsp3) is 0.417. The fourth-order valence-corrected chi connectivity index (χ4v) is 2.51. The lowest BCUT2D eigenvalue weighted by Gasteiger charge is -2.26. The molecule has 0 heterocycles. The van der Waals surface area contributed by atoms with Crippen LogP contribution in [0.15, 0.2) is 29.2 Å². The number of carbonyl (C=O) groups excluding carboxylic acids is 1. The molecule has 1 aromatic rings. The first-order valence-electron chi connectivity index (χ1n) is 5.41. The maximum atomic E-state index is 11.4. The van der Waals surface area contributed by atoms with Crippen molar-refractivity contribution in [3.05, 3.63) is 29.3 Å². The molecule has 0 spiro atoms. The lowest BCUT2D eigenvalue weighted by atomic mass is 10.1. The minimum atomic E-state index is -0.681. The first-order valence-corrected chi connectivity index (χ1v) is 6.77. The molecule has 1 rings (SSSR count). The van der Waals surface area contributed by atoms with Gasteiger partial charge >= 0.3 is 0 Å². The van der Waals surface area contributed by atoms with Crippen LogP contribution in [-0.2, 0) is 4.79 Å². The molecule has 0 bridgehead atoms. The van der Waals surface area contributed by atoms with Crippen molar-refractivity contribution in [3.8, 4) is 0 Å². The van der Waals surface area contributed by atoms with Crippen LogP contribution in [-0.4, -0.2) is 23.7 Å². The van der Waals surface area contributed by atoms with Crippen molar-refractivity contribution in [3.63, 3.8) is 0 Å². The minimum absolute atomic E-state index is 0.333. The molecule has 0 radical (unpaired) electrons. The van der Waals surface area contributed by atoms with Crippen molar-refractivity contribution >= 4 is 29.3 Å². The number of benzene rings is 1. The van der Waals surface area contributed by atoms with Gasteiger partial charge in [-0.1, -0.05) is 18.5 Å². The molecule has 94 valence electrons. The quantitative estimate of drug-likeness (QED) is 0.781. The Morgan fingerprint density at radius 1 is 1.47 bits per heavy atom. The lowest BCUT2D eigenvalue weighted by molar-refractivity contribution is -0.122. The highest BCUT2D eigenvalue weighted by atomic mass is 35.5. The first-order chi connectivity index (χ1) is 7.98. The molecule has 0 aliphatic heterocycles. The summed E-state index contributed by atoms with van der Waals surface area (Å²) in [6.45, 7) is 4.48. The molecule has 5 heteroatoms. The van der Waals surface area contributed by atoms with E-state index in [1.54, 1.807) is 11.8 Å². The second kappa shape index (κ2) is 6.28. The van der Waals surface area contributed by atoms with E-state index < -0.39 is 5.54 Å². The number of thioether (sulfide) groups is 1. The summed E-state index contributed by atoms with van der Waals surface area (Å²) in [5.74, 6) is 0.262. The van der Waals surface area contributed by atoms with Crippen LogP contribution in [0.5, 0.6) is 0 Å². The molecule has 0 saturated heterocycles. The van der Waals surface area contributed by atoms with Crippen LogP contribution in [0.4, 0.5) is 0 Å². The molecule has 17 heavy (non-hydrogen) atoms. The van der Waals surface area contributed by atoms with Crippen LogP contribution in [0.3, 0.4) is 0 Å². The van der Waals surface area contributed by atoms with Gasteiger partial charge in [0, 0.05) is 15.7 Å². The van der Waals surface area contributed by atoms with E-state index in [0.29, 0.717) is 17.3 Å². The van der Waals surface area contributed by atoms with Gasteiger partial charge in [0.1, 0.15) is 5.54 Å². The minimum Gasteiger partial charge on any atom is -0.368 e. The van der Waals surface area contributed by atoms with E-state index in [2.05, 4.69) is 5.32 Å². The summed E-state index contributed by atoms with van der Waals surface area (Å²) >= 11 is 7.39. The zero-order valence-electron chi connectivity index (χ0n) is 10.00. The summed E-state index contributed by atoms with van der Waals surface area (Å²) in [6, 6.07) is 7.53. The van der Waals surface area contributed by atoms with Crippen LogP contribution in [0.25, 0.3) is 0 Å². The SMILES string of the molecule is CCNC(C)(CSc1ccc(Cl)cc1)C(N)=O. The van der Waals surface area contributed by atoms with Crippen LogP contribution in [0, 0.1) is 0 Å². The zero-order chi connectivity index (χ0) is 12.9. The summed E-state index contributed by atoms with van der Waals surface area (Å²) in [5.41, 5.74) is 4.73. The van der Waals surface area contributed by atoms with Crippen molar-refractivity contribution in [1.29, 1.82) is 0 Å². The second-order valence-electron chi connectivity index (χ2n) is 3.97. The monoisotopic (exact) mass is 272 g/mol. The Bertz CT molecular complexity index is 383. The molecule has 0 fully saturated rings. The number of nitrogens with two attached hydrogens (primary N) is 1. The molecule has 1 aromatic carbocycles. The molecule has 0 saturated carbocycles. The van der Waals surface area contributed by atoms with E-state index >= 15 is 0 Å². The van der Waals surface area contributed by atoms with Crippen LogP contribution >= 0.6 is 23.4 Å². The summed E-state index contributed by atoms with van der Waals surface area (Å²) < 4.78 is 0. The topological polar surface area (TPSA) is 55.1 Å². The molecule has 0 aliphatic carbocycles. The number of likely N-dealkylation sites (N-methyl/N-ethyl adjacent to an activating group) is 1. The van der Waals surface area contributed by atoms with E-state index in [0.717, 1.165) is 4.90 Å². The third-order valence-corrected chi connectivity index (χ3v) is 4.03. The third-order valence-electron chi connectivity index (χ3n) is 2.45. The number of carbonyl (C=O) groups is 1. The van der Waals surface area contributed by atoms with Gasteiger partial charge in [0.25, 0.3) is 0 Å². The Morgan fingerprint density at radius 3 is 2.53 bits per heavy atom. The van der Waals surface area contributed by atoms with E-state index in [-0.39, 0.29) is 5.91 Å². The van der Waals surface area contributed by atoms with Gasteiger partial charge in [-0.15, -0.1) is 11.8 Å². The maximum absolute atomic E-state index is 11.4. The molecule has 1 amide bonds. The largest absolute Gasteiger partial charge is 0.368 e. The van der Waals surface area contributed by atoms with Crippen LogP contribution in [0.2, 0.25) is 5.02 Å². The highest BCUT2D eigenvalue weighted by Gasteiger charge is 2.29. The lowest BCUT2D eigenvalue weighted by Crippen LogP contribution is -2.55. The van der Waals surface area contributed by atoms with Crippen molar-refractivity contribution < 1.29 is 4.79 Å². The predicted molar refractivity (Wildman–Crippen MR) is 73.5 cm³/mol. The Hall–Kier alpha value is -0.710. The molecular weight excluding hydrogens is 256 g/mol. The van der Waals surface area contributed by atoms with E-state index in [1.807, 2.05) is 38.1 Å². The summed E-state index contributed by atoms with van der Waals surface area (Å²) in [7, 11) is 0. The zero-order valence-corrected chi connectivity index (χ0v) is 11.6. The third kappa shape index (κ3) is 4.22. The second-order valence-corrected chi connectivity index (χ2v) is 5.45. The van der Waals surface area contributed by atoms with Gasteiger partial charge < -0.3 is 11.1 Å². The average molecular weight is 273 g/mol. The molecule has 1 atom stereocenters. The van der Waals surface area contributed by atoms with Gasteiger partial charge in [-0.25, -0.2) is 0 Å². The van der Waals surface area contributed by atoms with E-state index in [9.17, 15) is 4.79 Å². The average Bonchev–Trinajstić information content (AvgIpc) is 2.28. The first kappa shape index (κ1) is 14.4. The van der Waals surface area contributed by atoms with Crippen molar-refractivity contribution in [1.82, 2.24) is 5.32 Å². The number of nitrogens with one attached hydrogen (secondary N) is 1. The Labute approximate surface area is 111 Å².